The highest BCUT2D eigenvalue weighted by Gasteiger charge is 2.41. The van der Waals surface area contributed by atoms with Crippen molar-refractivity contribution in [3.05, 3.63) is 53.6 Å². The van der Waals surface area contributed by atoms with Crippen LogP contribution < -0.4 is 10.6 Å². The number of likely N-dealkylation sites (tertiary alicyclic amines) is 2. The van der Waals surface area contributed by atoms with E-state index in [4.69, 9.17) is 9.72 Å². The van der Waals surface area contributed by atoms with E-state index >= 15 is 4.39 Å². The van der Waals surface area contributed by atoms with Crippen LogP contribution in [0.3, 0.4) is 0 Å². The number of imidazole rings is 1. The molecule has 4 heterocycles. The molecule has 370 valence electrons. The first-order chi connectivity index (χ1) is 31.9. The minimum Gasteiger partial charge on any atom is -0.465 e. The van der Waals surface area contributed by atoms with Gasteiger partial charge in [0, 0.05) is 62.7 Å². The number of ether oxygens (including phenoxy) is 1. The number of hydrogen-bond acceptors (Lipinski definition) is 8. The van der Waals surface area contributed by atoms with Crippen LogP contribution in [0, 0.1) is 17.6 Å². The number of aromatic nitrogens is 3. The maximum absolute atomic E-state index is 15.6. The van der Waals surface area contributed by atoms with Crippen LogP contribution in [0.5, 0.6) is 0 Å². The molecule has 20 heteroatoms. The quantitative estimate of drug-likeness (QED) is 0.107. The van der Waals surface area contributed by atoms with Gasteiger partial charge in [0.15, 0.2) is 5.82 Å². The van der Waals surface area contributed by atoms with Crippen molar-refractivity contribution in [2.24, 2.45) is 5.92 Å². The van der Waals surface area contributed by atoms with Crippen molar-refractivity contribution in [1.29, 1.82) is 0 Å². The van der Waals surface area contributed by atoms with Crippen LogP contribution in [0.2, 0.25) is 0 Å². The van der Waals surface area contributed by atoms with Gasteiger partial charge >= 0.3 is 12.2 Å². The summed E-state index contributed by atoms with van der Waals surface area (Å²) < 4.78 is 52.7. The van der Waals surface area contributed by atoms with Crippen molar-refractivity contribution in [2.45, 2.75) is 142 Å². The summed E-state index contributed by atoms with van der Waals surface area (Å²) in [7, 11) is 2.69. The lowest BCUT2D eigenvalue weighted by atomic mass is 9.99. The molecule has 6 rings (SSSR count). The van der Waals surface area contributed by atoms with Crippen molar-refractivity contribution >= 4 is 57.8 Å². The van der Waals surface area contributed by atoms with Gasteiger partial charge in [0.1, 0.15) is 47.6 Å². The van der Waals surface area contributed by atoms with Crippen molar-refractivity contribution in [2.75, 3.05) is 27.2 Å². The zero-order valence-corrected chi connectivity index (χ0v) is 40.4. The van der Waals surface area contributed by atoms with Crippen molar-refractivity contribution in [3.8, 4) is 11.5 Å². The Morgan fingerprint density at radius 2 is 1.56 bits per heavy atom. The molecule has 0 unspecified atom stereocenters. The van der Waals surface area contributed by atoms with Gasteiger partial charge in [-0.15, -0.1) is 0 Å². The molecule has 2 aromatic carbocycles. The Kier molecular flexibility index (Phi) is 15.4. The van der Waals surface area contributed by atoms with Crippen LogP contribution in [-0.4, -0.2) is 150 Å². The molecule has 0 bridgehead atoms. The number of benzene rings is 2. The summed E-state index contributed by atoms with van der Waals surface area (Å²) in [6.07, 6.45) is -2.02. The van der Waals surface area contributed by atoms with E-state index < -0.39 is 89.6 Å². The lowest BCUT2D eigenvalue weighted by Crippen LogP contribution is -2.56. The standard InChI is InChI=1S/C48H64F3N9O8/c1-11-35(54-42(61)27(5)57(10)47(67)68-48(6,7)8)44(63)59-23-30(51)19-32(59)22-34-33-16-14-28(49)20-36(33)52-40(34)41-53-37-21-29(50)15-17-38(37)60(41)24-31-13-12-18-58(31)45(64)39(25(2)3)55-43(62)26(4)56(9)46(65)66/h14-17,20-21,25-27,30-32,35,39,52H,11-13,18-19,22-24H2,1-10H3,(H,54,61)(H,55,62)(H,65,66)/t26-,27-,30-,31-,32-,35-,39-/m0/s1. The van der Waals surface area contributed by atoms with Gasteiger partial charge in [-0.05, 0) is 102 Å². The number of carbonyl (C=O) groups is 6. The second-order valence-corrected chi connectivity index (χ2v) is 19.4. The summed E-state index contributed by atoms with van der Waals surface area (Å²) in [6.45, 7) is 13.6. The van der Waals surface area contributed by atoms with Crippen LogP contribution in [0.25, 0.3) is 33.5 Å². The van der Waals surface area contributed by atoms with Gasteiger partial charge in [0.2, 0.25) is 23.6 Å². The Hall–Kier alpha value is -6.34. The fourth-order valence-electron chi connectivity index (χ4n) is 9.00. The first kappa shape index (κ1) is 51.1. The molecule has 6 amide bonds. The molecular formula is C48H64F3N9O8. The van der Waals surface area contributed by atoms with Gasteiger partial charge in [-0.25, -0.2) is 27.7 Å². The van der Waals surface area contributed by atoms with E-state index in [1.807, 2.05) is 4.57 Å². The topological polar surface area (TPSA) is 203 Å². The van der Waals surface area contributed by atoms with E-state index in [-0.39, 0.29) is 44.2 Å². The minimum absolute atomic E-state index is 0.0408. The third kappa shape index (κ3) is 11.0. The third-order valence-corrected chi connectivity index (χ3v) is 13.1. The summed E-state index contributed by atoms with van der Waals surface area (Å²) in [4.78, 5) is 93.1. The number of amides is 6. The van der Waals surface area contributed by atoms with E-state index in [0.717, 1.165) is 9.80 Å². The number of hydrogen-bond donors (Lipinski definition) is 4. The molecule has 17 nitrogen and oxygen atoms in total. The van der Waals surface area contributed by atoms with Crippen LogP contribution in [-0.2, 0) is 36.9 Å². The summed E-state index contributed by atoms with van der Waals surface area (Å²) in [5, 5.41) is 15.6. The fourth-order valence-corrected chi connectivity index (χ4v) is 9.00. The van der Waals surface area contributed by atoms with Gasteiger partial charge < -0.3 is 39.8 Å². The highest BCUT2D eigenvalue weighted by Crippen LogP contribution is 2.37. The number of fused-ring (bicyclic) bond motifs is 2. The second-order valence-electron chi connectivity index (χ2n) is 19.4. The highest BCUT2D eigenvalue weighted by atomic mass is 19.1. The predicted octanol–water partition coefficient (Wildman–Crippen LogP) is 6.22. The zero-order valence-electron chi connectivity index (χ0n) is 40.4. The number of rotatable bonds is 15. The SMILES string of the molecule is CC[C@H](NC(=O)[C@H](C)N(C)C(=O)OC(C)(C)C)C(=O)N1C[C@@H](F)C[C@H]1Cc1c(-c2nc3cc(F)ccc3n2C[C@@H]2CCCN2C(=O)[C@@H](NC(=O)[C@H](C)N(C)C(=O)O)C(C)C)[nH]c2cc(F)ccc12. The molecule has 0 saturated carbocycles. The summed E-state index contributed by atoms with van der Waals surface area (Å²) in [5.41, 5.74) is 1.42. The zero-order chi connectivity index (χ0) is 50.1. The van der Waals surface area contributed by atoms with E-state index in [9.17, 15) is 42.7 Å². The maximum atomic E-state index is 15.6. The monoisotopic (exact) mass is 951 g/mol. The summed E-state index contributed by atoms with van der Waals surface area (Å²) >= 11 is 0. The van der Waals surface area contributed by atoms with Crippen LogP contribution in [0.1, 0.15) is 86.6 Å². The van der Waals surface area contributed by atoms with Crippen LogP contribution in [0.15, 0.2) is 36.4 Å². The van der Waals surface area contributed by atoms with Crippen LogP contribution >= 0.6 is 0 Å². The fraction of sp³-hybridized carbons (Fsp3) is 0.562. The molecule has 4 N–H and O–H groups in total. The van der Waals surface area contributed by atoms with Gasteiger partial charge in [0.25, 0.3) is 0 Å². The number of carbonyl (C=O) groups excluding carboxylic acids is 5. The van der Waals surface area contributed by atoms with Gasteiger partial charge in [-0.1, -0.05) is 20.8 Å². The number of H-pyrrole nitrogens is 1. The first-order valence-corrected chi connectivity index (χ1v) is 23.1. The predicted molar refractivity (Wildman–Crippen MR) is 248 cm³/mol. The molecule has 0 spiro atoms. The average molecular weight is 952 g/mol. The Bertz CT molecular complexity index is 2560. The average Bonchev–Trinajstić information content (AvgIpc) is 4.06. The molecule has 2 fully saturated rings. The van der Waals surface area contributed by atoms with E-state index in [1.54, 1.807) is 58.6 Å². The second kappa shape index (κ2) is 20.5. The van der Waals surface area contributed by atoms with Gasteiger partial charge in [-0.2, -0.15) is 0 Å². The number of nitrogens with one attached hydrogen (secondary N) is 3. The molecule has 7 atom stereocenters. The Labute approximate surface area is 393 Å². The Morgan fingerprint density at radius 3 is 2.21 bits per heavy atom. The summed E-state index contributed by atoms with van der Waals surface area (Å²) in [5.74, 6) is -3.20. The van der Waals surface area contributed by atoms with E-state index in [2.05, 4.69) is 15.6 Å². The minimum atomic E-state index is -1.40. The normalized spacial score (nSPS) is 19.2. The number of likely N-dealkylation sites (N-methyl/N-ethyl adjacent to an activating group) is 2. The van der Waals surface area contributed by atoms with E-state index in [1.165, 1.54) is 57.1 Å². The lowest BCUT2D eigenvalue weighted by Gasteiger charge is -2.33. The Morgan fingerprint density at radius 1 is 0.912 bits per heavy atom. The van der Waals surface area contributed by atoms with Crippen molar-refractivity contribution in [1.82, 2.24) is 44.8 Å². The van der Waals surface area contributed by atoms with E-state index in [0.29, 0.717) is 58.4 Å². The molecule has 0 radical (unpaired) electrons. The molecule has 68 heavy (non-hydrogen) atoms. The van der Waals surface area contributed by atoms with Crippen molar-refractivity contribution in [3.63, 3.8) is 0 Å². The molecule has 2 aliphatic heterocycles. The number of halogens is 3. The van der Waals surface area contributed by atoms with Gasteiger partial charge in [-0.3, -0.25) is 29.0 Å². The van der Waals surface area contributed by atoms with Crippen molar-refractivity contribution < 1.29 is 51.8 Å². The molecule has 2 aromatic heterocycles. The number of alkyl halides is 1. The van der Waals surface area contributed by atoms with Gasteiger partial charge in [0.05, 0.1) is 23.3 Å². The number of nitrogens with zero attached hydrogens (tertiary/aromatic N) is 6. The highest BCUT2D eigenvalue weighted by molar-refractivity contribution is 5.94. The number of carboxylic acid groups (broad SMARTS) is 1. The largest absolute Gasteiger partial charge is 0.465 e. The molecule has 4 aromatic rings. The number of aromatic amines is 1. The molecule has 2 saturated heterocycles. The molecule has 0 aliphatic carbocycles. The molecular weight excluding hydrogens is 888 g/mol. The third-order valence-electron chi connectivity index (χ3n) is 13.1. The maximum Gasteiger partial charge on any atom is 0.410 e. The first-order valence-electron chi connectivity index (χ1n) is 23.1. The summed E-state index contributed by atoms with van der Waals surface area (Å²) in [6, 6.07) is 3.08. The molecule has 2 aliphatic rings. The Balaban J connectivity index is 1.33. The smallest absolute Gasteiger partial charge is 0.410 e. The lowest BCUT2D eigenvalue weighted by molar-refractivity contribution is -0.139. The van der Waals surface area contributed by atoms with Crippen LogP contribution in [0.4, 0.5) is 22.8 Å².